The van der Waals surface area contributed by atoms with E-state index in [2.05, 4.69) is 15.3 Å². The minimum absolute atomic E-state index is 0.0457. The Balaban J connectivity index is 1.43. The number of rotatable bonds is 8. The number of carbonyl (C=O) groups is 1. The van der Waals surface area contributed by atoms with Crippen molar-refractivity contribution in [3.63, 3.8) is 0 Å². The van der Waals surface area contributed by atoms with Gasteiger partial charge in [-0.2, -0.15) is 0 Å². The van der Waals surface area contributed by atoms with Crippen molar-refractivity contribution in [3.05, 3.63) is 83.6 Å². The highest BCUT2D eigenvalue weighted by Crippen LogP contribution is 2.24. The van der Waals surface area contributed by atoms with Gasteiger partial charge in [0.1, 0.15) is 11.9 Å². The molecule has 0 amide bonds. The van der Waals surface area contributed by atoms with E-state index in [-0.39, 0.29) is 12.3 Å². The molecule has 7 nitrogen and oxygen atoms in total. The van der Waals surface area contributed by atoms with Gasteiger partial charge in [-0.05, 0) is 42.2 Å². The number of nitrogens with one attached hydrogen (secondary N) is 1. The number of fused-ring (bicyclic) bond motifs is 1. The first kappa shape index (κ1) is 20.8. The van der Waals surface area contributed by atoms with Crippen molar-refractivity contribution >= 4 is 17.9 Å². The van der Waals surface area contributed by atoms with Crippen molar-refractivity contribution in [1.82, 2.24) is 14.5 Å². The summed E-state index contributed by atoms with van der Waals surface area (Å²) in [7, 11) is 0. The van der Waals surface area contributed by atoms with Gasteiger partial charge in [-0.15, -0.1) is 0 Å². The molecule has 0 saturated heterocycles. The van der Waals surface area contributed by atoms with Crippen LogP contribution in [0.15, 0.2) is 61.1 Å². The molecule has 0 aliphatic carbocycles. The van der Waals surface area contributed by atoms with Crippen LogP contribution in [0, 0.1) is 0 Å². The van der Waals surface area contributed by atoms with Gasteiger partial charge in [0.15, 0.2) is 0 Å². The molecule has 3 N–H and O–H groups in total. The van der Waals surface area contributed by atoms with E-state index in [1.54, 1.807) is 18.5 Å². The summed E-state index contributed by atoms with van der Waals surface area (Å²) in [6.45, 7) is 1.41. The summed E-state index contributed by atoms with van der Waals surface area (Å²) >= 11 is 0. The average molecular weight is 418 g/mol. The summed E-state index contributed by atoms with van der Waals surface area (Å²) in [5.74, 6) is -0.127. The van der Waals surface area contributed by atoms with Gasteiger partial charge >= 0.3 is 5.97 Å². The second-order valence-corrected chi connectivity index (χ2v) is 7.78. The van der Waals surface area contributed by atoms with Crippen molar-refractivity contribution in [3.8, 4) is 0 Å². The highest BCUT2D eigenvalue weighted by atomic mass is 16.4. The highest BCUT2D eigenvalue weighted by molar-refractivity contribution is 5.68. The zero-order valence-electron chi connectivity index (χ0n) is 17.2. The molecular formula is C24H26N4O3. The van der Waals surface area contributed by atoms with Gasteiger partial charge in [0.2, 0.25) is 0 Å². The number of aliphatic hydroxyl groups excluding tert-OH is 1. The number of carboxylic acid groups (broad SMARTS) is 1. The molecule has 0 spiro atoms. The van der Waals surface area contributed by atoms with Crippen LogP contribution < -0.4 is 5.32 Å². The first-order chi connectivity index (χ1) is 15.1. The number of imidazole rings is 1. The van der Waals surface area contributed by atoms with Gasteiger partial charge in [-0.1, -0.05) is 36.4 Å². The van der Waals surface area contributed by atoms with Crippen LogP contribution in [0.5, 0.6) is 0 Å². The van der Waals surface area contributed by atoms with Crippen LogP contribution >= 0.6 is 0 Å². The fourth-order valence-electron chi connectivity index (χ4n) is 3.84. The first-order valence-electron chi connectivity index (χ1n) is 10.5. The maximum atomic E-state index is 11.3. The summed E-state index contributed by atoms with van der Waals surface area (Å²) in [5, 5.41) is 23.1. The monoisotopic (exact) mass is 418 g/mol. The van der Waals surface area contributed by atoms with E-state index in [0.29, 0.717) is 17.9 Å². The van der Waals surface area contributed by atoms with E-state index in [1.807, 2.05) is 53.2 Å². The van der Waals surface area contributed by atoms with Crippen LogP contribution in [-0.4, -0.2) is 37.3 Å². The van der Waals surface area contributed by atoms with Gasteiger partial charge in [-0.3, -0.25) is 4.79 Å². The standard InChI is InChI=1S/C24H26N4O3/c29-22(21-10-8-18-7-4-12-25-24(18)27-21)11-9-20-15-28(16-26-20)14-19(13-23(30)31)17-5-2-1-3-6-17/h1-3,5-6,8-11,15-16,19,22,29H,4,7,12-14H2,(H,25,27)(H,30,31)/b11-9+. The maximum Gasteiger partial charge on any atom is 0.304 e. The third kappa shape index (κ3) is 5.38. The van der Waals surface area contributed by atoms with Crippen molar-refractivity contribution in [1.29, 1.82) is 0 Å². The highest BCUT2D eigenvalue weighted by Gasteiger charge is 2.17. The second-order valence-electron chi connectivity index (χ2n) is 7.78. The number of pyridine rings is 1. The Labute approximate surface area is 181 Å². The molecule has 4 rings (SSSR count). The van der Waals surface area contributed by atoms with Gasteiger partial charge < -0.3 is 20.1 Å². The Kier molecular flexibility index (Phi) is 6.43. The first-order valence-corrected chi connectivity index (χ1v) is 10.5. The number of aryl methyl sites for hydroxylation is 1. The quantitative estimate of drug-likeness (QED) is 0.516. The van der Waals surface area contributed by atoms with E-state index in [4.69, 9.17) is 0 Å². The summed E-state index contributed by atoms with van der Waals surface area (Å²) in [6, 6.07) is 13.5. The number of carboxylic acids is 1. The van der Waals surface area contributed by atoms with E-state index in [0.717, 1.165) is 30.8 Å². The number of anilines is 1. The minimum atomic E-state index is -0.830. The van der Waals surface area contributed by atoms with Crippen LogP contribution in [0.3, 0.4) is 0 Å². The number of aliphatic hydroxyl groups is 1. The van der Waals surface area contributed by atoms with Crippen molar-refractivity contribution < 1.29 is 15.0 Å². The van der Waals surface area contributed by atoms with Gasteiger partial charge in [-0.25, -0.2) is 9.97 Å². The van der Waals surface area contributed by atoms with Crippen LogP contribution in [0.25, 0.3) is 6.08 Å². The molecule has 7 heteroatoms. The Bertz CT molecular complexity index is 1060. The smallest absolute Gasteiger partial charge is 0.304 e. The Morgan fingerprint density at radius 2 is 2.06 bits per heavy atom. The molecule has 1 aliphatic heterocycles. The minimum Gasteiger partial charge on any atom is -0.481 e. The molecule has 2 unspecified atom stereocenters. The van der Waals surface area contributed by atoms with Crippen molar-refractivity contribution in [2.24, 2.45) is 0 Å². The van der Waals surface area contributed by atoms with Crippen LogP contribution in [-0.2, 0) is 17.8 Å². The molecule has 2 aromatic heterocycles. The summed E-state index contributed by atoms with van der Waals surface area (Å²) in [5.41, 5.74) is 3.45. The number of nitrogens with zero attached hydrogens (tertiary/aromatic N) is 3. The van der Waals surface area contributed by atoms with Crippen LogP contribution in [0.4, 0.5) is 5.82 Å². The Morgan fingerprint density at radius 3 is 2.87 bits per heavy atom. The Hall–Kier alpha value is -3.45. The molecule has 160 valence electrons. The van der Waals surface area contributed by atoms with E-state index in [1.165, 1.54) is 5.56 Å². The SMILES string of the molecule is O=C(O)CC(Cn1cnc(/C=C/C(O)c2ccc3c(n2)NCCC3)c1)c1ccccc1. The topological polar surface area (TPSA) is 100 Å². The molecule has 3 aromatic rings. The third-order valence-corrected chi connectivity index (χ3v) is 5.44. The lowest BCUT2D eigenvalue weighted by atomic mass is 9.96. The van der Waals surface area contributed by atoms with E-state index >= 15 is 0 Å². The lowest BCUT2D eigenvalue weighted by Gasteiger charge is -2.18. The molecule has 1 aromatic carbocycles. The summed E-state index contributed by atoms with van der Waals surface area (Å²) < 4.78 is 1.88. The number of hydrogen-bond acceptors (Lipinski definition) is 5. The molecule has 2 atom stereocenters. The van der Waals surface area contributed by atoms with Crippen molar-refractivity contribution in [2.75, 3.05) is 11.9 Å². The molecule has 1 aliphatic rings. The zero-order chi connectivity index (χ0) is 21.6. The molecule has 0 saturated carbocycles. The van der Waals surface area contributed by atoms with E-state index < -0.39 is 12.1 Å². The lowest BCUT2D eigenvalue weighted by Crippen LogP contribution is -2.14. The normalized spacial score (nSPS) is 15.3. The van der Waals surface area contributed by atoms with Crippen molar-refractivity contribution in [2.45, 2.75) is 37.8 Å². The summed E-state index contributed by atoms with van der Waals surface area (Å²) in [6.07, 6.45) is 8.27. The molecule has 0 fully saturated rings. The summed E-state index contributed by atoms with van der Waals surface area (Å²) in [4.78, 5) is 20.2. The predicted octanol–water partition coefficient (Wildman–Crippen LogP) is 3.64. The lowest BCUT2D eigenvalue weighted by molar-refractivity contribution is -0.137. The third-order valence-electron chi connectivity index (χ3n) is 5.44. The van der Waals surface area contributed by atoms with Gasteiger partial charge in [0.25, 0.3) is 0 Å². The second kappa shape index (κ2) is 9.57. The Morgan fingerprint density at radius 1 is 1.23 bits per heavy atom. The zero-order valence-corrected chi connectivity index (χ0v) is 17.2. The van der Waals surface area contributed by atoms with Gasteiger partial charge in [0.05, 0.1) is 24.1 Å². The number of hydrogen-bond donors (Lipinski definition) is 3. The molecule has 31 heavy (non-hydrogen) atoms. The number of aliphatic carboxylic acids is 1. The largest absolute Gasteiger partial charge is 0.481 e. The predicted molar refractivity (Wildman–Crippen MR) is 119 cm³/mol. The molecular weight excluding hydrogens is 392 g/mol. The number of benzene rings is 1. The fourth-order valence-corrected chi connectivity index (χ4v) is 3.84. The van der Waals surface area contributed by atoms with Crippen LogP contribution in [0.1, 0.15) is 47.4 Å². The van der Waals surface area contributed by atoms with Crippen LogP contribution in [0.2, 0.25) is 0 Å². The molecule has 0 radical (unpaired) electrons. The molecule has 0 bridgehead atoms. The van der Waals surface area contributed by atoms with E-state index in [9.17, 15) is 15.0 Å². The fraction of sp³-hybridized carbons (Fsp3) is 0.292. The van der Waals surface area contributed by atoms with Gasteiger partial charge in [0, 0.05) is 25.2 Å². The number of aromatic nitrogens is 3. The maximum absolute atomic E-state index is 11.3. The molecule has 3 heterocycles. The average Bonchev–Trinajstić information content (AvgIpc) is 3.24.